The molecule has 0 heterocycles. The van der Waals surface area contributed by atoms with Crippen LogP contribution in [0.4, 0.5) is 10.5 Å². The number of aliphatic hydroxyl groups is 1. The van der Waals surface area contributed by atoms with Crippen LogP contribution >= 0.6 is 0 Å². The Bertz CT molecular complexity index is 510. The van der Waals surface area contributed by atoms with Crippen LogP contribution in [0.25, 0.3) is 0 Å². The SMILES string of the molecule is C=CCOC(=O)Nc1cc(C(C)O)ccc1OC(C)=O. The minimum Gasteiger partial charge on any atom is -0.445 e. The van der Waals surface area contributed by atoms with Crippen LogP contribution in [0, 0.1) is 0 Å². The molecule has 0 fully saturated rings. The van der Waals surface area contributed by atoms with Gasteiger partial charge in [-0.1, -0.05) is 18.7 Å². The van der Waals surface area contributed by atoms with E-state index >= 15 is 0 Å². The number of aliphatic hydroxyl groups excluding tert-OH is 1. The molecule has 2 N–H and O–H groups in total. The molecule has 0 aliphatic carbocycles. The van der Waals surface area contributed by atoms with E-state index in [0.717, 1.165) is 0 Å². The fraction of sp³-hybridized carbons (Fsp3) is 0.286. The Morgan fingerprint density at radius 3 is 2.75 bits per heavy atom. The predicted octanol–water partition coefficient (Wildman–Crippen LogP) is 2.40. The molecular weight excluding hydrogens is 262 g/mol. The molecule has 0 aliphatic heterocycles. The molecule has 6 heteroatoms. The summed E-state index contributed by atoms with van der Waals surface area (Å²) in [5.74, 6) is -0.338. The zero-order valence-electron chi connectivity index (χ0n) is 11.4. The molecule has 1 unspecified atom stereocenters. The van der Waals surface area contributed by atoms with E-state index in [9.17, 15) is 14.7 Å². The molecule has 1 amide bonds. The van der Waals surface area contributed by atoms with E-state index in [1.807, 2.05) is 0 Å². The average molecular weight is 279 g/mol. The normalized spacial score (nSPS) is 11.3. The summed E-state index contributed by atoms with van der Waals surface area (Å²) in [6.07, 6.45) is 0.00543. The summed E-state index contributed by atoms with van der Waals surface area (Å²) in [6, 6.07) is 4.61. The highest BCUT2D eigenvalue weighted by molar-refractivity contribution is 5.88. The number of benzene rings is 1. The van der Waals surface area contributed by atoms with Crippen LogP contribution in [0.5, 0.6) is 5.75 Å². The topological polar surface area (TPSA) is 84.9 Å². The first kappa shape index (κ1) is 15.7. The Morgan fingerprint density at radius 1 is 1.50 bits per heavy atom. The van der Waals surface area contributed by atoms with Gasteiger partial charge in [-0.15, -0.1) is 0 Å². The van der Waals surface area contributed by atoms with Crippen molar-refractivity contribution in [2.75, 3.05) is 11.9 Å². The molecule has 108 valence electrons. The predicted molar refractivity (Wildman–Crippen MR) is 73.6 cm³/mol. The highest BCUT2D eigenvalue weighted by Crippen LogP contribution is 2.28. The molecular formula is C14H17NO5. The van der Waals surface area contributed by atoms with Gasteiger partial charge in [0.1, 0.15) is 6.61 Å². The molecule has 1 atom stereocenters. The van der Waals surface area contributed by atoms with E-state index in [1.54, 1.807) is 13.0 Å². The Kier molecular flexibility index (Phi) is 5.74. The van der Waals surface area contributed by atoms with Gasteiger partial charge in [-0.3, -0.25) is 10.1 Å². The monoisotopic (exact) mass is 279 g/mol. The molecule has 0 radical (unpaired) electrons. The van der Waals surface area contributed by atoms with Crippen molar-refractivity contribution in [1.29, 1.82) is 0 Å². The largest absolute Gasteiger partial charge is 0.445 e. The second-order valence-electron chi connectivity index (χ2n) is 4.04. The number of hydrogen-bond acceptors (Lipinski definition) is 5. The van der Waals surface area contributed by atoms with Crippen molar-refractivity contribution >= 4 is 17.7 Å². The lowest BCUT2D eigenvalue weighted by Crippen LogP contribution is -2.15. The van der Waals surface area contributed by atoms with Gasteiger partial charge in [-0.2, -0.15) is 0 Å². The smallest absolute Gasteiger partial charge is 0.412 e. The highest BCUT2D eigenvalue weighted by atomic mass is 16.6. The first-order chi connectivity index (χ1) is 9.43. The van der Waals surface area contributed by atoms with Crippen molar-refractivity contribution in [2.24, 2.45) is 0 Å². The van der Waals surface area contributed by atoms with Crippen LogP contribution in [0.15, 0.2) is 30.9 Å². The molecule has 0 saturated heterocycles. The van der Waals surface area contributed by atoms with Gasteiger partial charge < -0.3 is 14.6 Å². The number of nitrogens with one attached hydrogen (secondary N) is 1. The summed E-state index contributed by atoms with van der Waals surface area (Å²) in [6.45, 7) is 6.32. The van der Waals surface area contributed by atoms with Crippen LogP contribution in [-0.2, 0) is 9.53 Å². The summed E-state index contributed by atoms with van der Waals surface area (Å²) in [5, 5.41) is 12.0. The molecule has 6 nitrogen and oxygen atoms in total. The number of esters is 1. The van der Waals surface area contributed by atoms with Gasteiger partial charge >= 0.3 is 12.1 Å². The summed E-state index contributed by atoms with van der Waals surface area (Å²) in [4.78, 5) is 22.5. The van der Waals surface area contributed by atoms with Crippen molar-refractivity contribution < 1.29 is 24.2 Å². The molecule has 0 saturated carbocycles. The van der Waals surface area contributed by atoms with Gasteiger partial charge in [0.25, 0.3) is 0 Å². The van der Waals surface area contributed by atoms with Gasteiger partial charge in [0.15, 0.2) is 5.75 Å². The Balaban J connectivity index is 2.98. The van der Waals surface area contributed by atoms with Gasteiger partial charge in [0, 0.05) is 6.92 Å². The van der Waals surface area contributed by atoms with Crippen molar-refractivity contribution in [3.63, 3.8) is 0 Å². The Labute approximate surface area is 117 Å². The highest BCUT2D eigenvalue weighted by Gasteiger charge is 2.13. The quantitative estimate of drug-likeness (QED) is 0.491. The molecule has 1 aromatic rings. The van der Waals surface area contributed by atoms with Crippen LogP contribution in [-0.4, -0.2) is 23.8 Å². The minimum atomic E-state index is -0.717. The van der Waals surface area contributed by atoms with Gasteiger partial charge in [-0.25, -0.2) is 4.79 Å². The summed E-state index contributed by atoms with van der Waals surface area (Å²) in [7, 11) is 0. The van der Waals surface area contributed by atoms with Crippen molar-refractivity contribution in [1.82, 2.24) is 0 Å². The van der Waals surface area contributed by atoms with Crippen molar-refractivity contribution in [3.8, 4) is 5.75 Å². The minimum absolute atomic E-state index is 0.0603. The van der Waals surface area contributed by atoms with Gasteiger partial charge in [0.05, 0.1) is 11.8 Å². The van der Waals surface area contributed by atoms with E-state index in [1.165, 1.54) is 25.1 Å². The first-order valence-corrected chi connectivity index (χ1v) is 5.99. The van der Waals surface area contributed by atoms with Crippen molar-refractivity contribution in [3.05, 3.63) is 36.4 Å². The lowest BCUT2D eigenvalue weighted by atomic mass is 10.1. The molecule has 20 heavy (non-hydrogen) atoms. The molecule has 1 aromatic carbocycles. The number of rotatable bonds is 5. The van der Waals surface area contributed by atoms with Crippen LogP contribution < -0.4 is 10.1 Å². The third-order valence-electron chi connectivity index (χ3n) is 2.31. The third kappa shape index (κ3) is 4.74. The molecule has 0 bridgehead atoms. The fourth-order valence-electron chi connectivity index (χ4n) is 1.43. The first-order valence-electron chi connectivity index (χ1n) is 5.99. The van der Waals surface area contributed by atoms with E-state index in [2.05, 4.69) is 11.9 Å². The van der Waals surface area contributed by atoms with Crippen LogP contribution in [0.3, 0.4) is 0 Å². The summed E-state index contributed by atoms with van der Waals surface area (Å²) in [5.41, 5.74) is 0.813. The van der Waals surface area contributed by atoms with E-state index < -0.39 is 18.2 Å². The zero-order chi connectivity index (χ0) is 15.1. The van der Waals surface area contributed by atoms with Gasteiger partial charge in [-0.05, 0) is 24.6 Å². The summed E-state index contributed by atoms with van der Waals surface area (Å²) < 4.78 is 9.76. The van der Waals surface area contributed by atoms with E-state index in [-0.39, 0.29) is 18.0 Å². The molecule has 0 aromatic heterocycles. The average Bonchev–Trinajstić information content (AvgIpc) is 2.37. The molecule has 0 spiro atoms. The zero-order valence-corrected chi connectivity index (χ0v) is 11.4. The molecule has 1 rings (SSSR count). The van der Waals surface area contributed by atoms with E-state index in [4.69, 9.17) is 9.47 Å². The number of hydrogen-bond donors (Lipinski definition) is 2. The second-order valence-corrected chi connectivity index (χ2v) is 4.04. The Morgan fingerprint density at radius 2 is 2.20 bits per heavy atom. The maximum Gasteiger partial charge on any atom is 0.412 e. The number of carbonyl (C=O) groups excluding carboxylic acids is 2. The second kappa shape index (κ2) is 7.30. The van der Waals surface area contributed by atoms with Gasteiger partial charge in [0.2, 0.25) is 0 Å². The summed E-state index contributed by atoms with van der Waals surface area (Å²) >= 11 is 0. The fourth-order valence-corrected chi connectivity index (χ4v) is 1.43. The molecule has 0 aliphatic rings. The number of carbonyl (C=O) groups is 2. The maximum atomic E-state index is 11.5. The lowest BCUT2D eigenvalue weighted by molar-refractivity contribution is -0.131. The maximum absolute atomic E-state index is 11.5. The van der Waals surface area contributed by atoms with Crippen molar-refractivity contribution in [2.45, 2.75) is 20.0 Å². The van der Waals surface area contributed by atoms with Crippen LogP contribution in [0.1, 0.15) is 25.5 Å². The van der Waals surface area contributed by atoms with Crippen LogP contribution in [0.2, 0.25) is 0 Å². The standard InChI is InChI=1S/C14H17NO5/c1-4-7-19-14(18)15-12-8-11(9(2)16)5-6-13(12)20-10(3)17/h4-6,8-9,16H,1,7H2,2-3H3,(H,15,18). The number of anilines is 1. The lowest BCUT2D eigenvalue weighted by Gasteiger charge is -2.13. The number of ether oxygens (including phenoxy) is 2. The number of amides is 1. The Hall–Kier alpha value is -2.34. The van der Waals surface area contributed by atoms with E-state index in [0.29, 0.717) is 5.56 Å². The third-order valence-corrected chi connectivity index (χ3v) is 2.31.